The summed E-state index contributed by atoms with van der Waals surface area (Å²) in [6, 6.07) is 13.9. The average Bonchev–Trinajstić information content (AvgIpc) is 2.66. The van der Waals surface area contributed by atoms with E-state index < -0.39 is 0 Å². The molecule has 0 unspecified atom stereocenters. The molecule has 2 aromatic carbocycles. The molecule has 132 valence electrons. The van der Waals surface area contributed by atoms with Gasteiger partial charge in [-0.15, -0.1) is 0 Å². The molecular formula is C20H17FN2O3. The molecule has 0 saturated heterocycles. The molecular weight excluding hydrogens is 335 g/mol. The van der Waals surface area contributed by atoms with Crippen LogP contribution in [0.3, 0.4) is 0 Å². The van der Waals surface area contributed by atoms with E-state index in [0.717, 1.165) is 29.0 Å². The number of benzene rings is 2. The molecule has 0 radical (unpaired) electrons. The van der Waals surface area contributed by atoms with Crippen LogP contribution in [0.2, 0.25) is 0 Å². The lowest BCUT2D eigenvalue weighted by atomic mass is 9.97. The minimum Gasteiger partial charge on any atom is -0.497 e. The first-order valence-corrected chi connectivity index (χ1v) is 8.31. The summed E-state index contributed by atoms with van der Waals surface area (Å²) >= 11 is 0. The lowest BCUT2D eigenvalue weighted by Gasteiger charge is -2.22. The molecule has 3 aromatic rings. The normalized spacial score (nSPS) is 12.2. The zero-order valence-electron chi connectivity index (χ0n) is 14.2. The summed E-state index contributed by atoms with van der Waals surface area (Å²) in [5.41, 5.74) is 2.85. The third kappa shape index (κ3) is 2.94. The second-order valence-electron chi connectivity index (χ2n) is 6.07. The smallest absolute Gasteiger partial charge is 0.351 e. The Morgan fingerprint density at radius 1 is 1.19 bits per heavy atom. The van der Waals surface area contributed by atoms with Gasteiger partial charge in [-0.3, -0.25) is 4.57 Å². The number of fused-ring (bicyclic) bond motifs is 3. The highest BCUT2D eigenvalue weighted by Gasteiger charge is 2.19. The quantitative estimate of drug-likeness (QED) is 0.724. The Morgan fingerprint density at radius 3 is 2.85 bits per heavy atom. The molecule has 0 bridgehead atoms. The van der Waals surface area contributed by atoms with Gasteiger partial charge in [0, 0.05) is 23.7 Å². The lowest BCUT2D eigenvalue weighted by Crippen LogP contribution is -2.28. The predicted molar refractivity (Wildman–Crippen MR) is 94.9 cm³/mol. The van der Waals surface area contributed by atoms with Crippen LogP contribution in [0.1, 0.15) is 11.1 Å². The van der Waals surface area contributed by atoms with Crippen molar-refractivity contribution in [2.75, 3.05) is 7.11 Å². The van der Waals surface area contributed by atoms with Gasteiger partial charge >= 0.3 is 5.69 Å². The van der Waals surface area contributed by atoms with Crippen LogP contribution in [0.4, 0.5) is 4.39 Å². The van der Waals surface area contributed by atoms with Gasteiger partial charge in [0.1, 0.15) is 18.2 Å². The van der Waals surface area contributed by atoms with Gasteiger partial charge in [0.05, 0.1) is 12.8 Å². The number of nitrogens with zero attached hydrogens (tertiary/aromatic N) is 2. The molecule has 4 rings (SSSR count). The molecule has 0 fully saturated rings. The van der Waals surface area contributed by atoms with Gasteiger partial charge in [0.2, 0.25) is 5.88 Å². The number of hydrogen-bond acceptors (Lipinski definition) is 4. The van der Waals surface area contributed by atoms with Gasteiger partial charge in [0.15, 0.2) is 0 Å². The van der Waals surface area contributed by atoms with Crippen LogP contribution in [0.15, 0.2) is 53.3 Å². The number of aromatic nitrogens is 2. The Bertz CT molecular complexity index is 1030. The van der Waals surface area contributed by atoms with E-state index in [-0.39, 0.29) is 24.0 Å². The van der Waals surface area contributed by atoms with Crippen LogP contribution in [0, 0.1) is 5.82 Å². The summed E-state index contributed by atoms with van der Waals surface area (Å²) in [6.07, 6.45) is 0.733. The van der Waals surface area contributed by atoms with Crippen molar-refractivity contribution in [2.24, 2.45) is 0 Å². The zero-order valence-corrected chi connectivity index (χ0v) is 14.2. The summed E-state index contributed by atoms with van der Waals surface area (Å²) < 4.78 is 26.2. The van der Waals surface area contributed by atoms with Gasteiger partial charge in [-0.25, -0.2) is 9.18 Å². The first-order valence-electron chi connectivity index (χ1n) is 8.31. The van der Waals surface area contributed by atoms with Crippen LogP contribution in [-0.2, 0) is 19.6 Å². The Kier molecular flexibility index (Phi) is 4.16. The molecule has 0 saturated carbocycles. The monoisotopic (exact) mass is 352 g/mol. The first-order chi connectivity index (χ1) is 12.7. The zero-order chi connectivity index (χ0) is 18.1. The second kappa shape index (κ2) is 6.63. The molecule has 0 N–H and O–H groups in total. The molecule has 0 aliphatic carbocycles. The average molecular weight is 352 g/mol. The van der Waals surface area contributed by atoms with Gasteiger partial charge < -0.3 is 9.47 Å². The summed E-state index contributed by atoms with van der Waals surface area (Å²) in [6.45, 7) is 0.562. The number of halogens is 1. The van der Waals surface area contributed by atoms with Crippen molar-refractivity contribution in [3.8, 4) is 22.9 Å². The largest absolute Gasteiger partial charge is 0.497 e. The molecule has 6 heteroatoms. The summed E-state index contributed by atoms with van der Waals surface area (Å²) in [5, 5.41) is 0. The molecule has 0 spiro atoms. The minimum atomic E-state index is -0.368. The molecule has 26 heavy (non-hydrogen) atoms. The Balaban J connectivity index is 1.68. The van der Waals surface area contributed by atoms with Crippen molar-refractivity contribution in [1.29, 1.82) is 0 Å². The van der Waals surface area contributed by atoms with Crippen molar-refractivity contribution in [2.45, 2.75) is 19.6 Å². The lowest BCUT2D eigenvalue weighted by molar-refractivity contribution is 0.285. The van der Waals surface area contributed by atoms with E-state index >= 15 is 0 Å². The van der Waals surface area contributed by atoms with E-state index in [0.29, 0.717) is 12.1 Å². The molecule has 1 aliphatic heterocycles. The van der Waals surface area contributed by atoms with Crippen molar-refractivity contribution in [3.63, 3.8) is 0 Å². The Hall–Kier alpha value is -3.15. The van der Waals surface area contributed by atoms with Crippen LogP contribution in [-0.4, -0.2) is 16.7 Å². The summed E-state index contributed by atoms with van der Waals surface area (Å²) in [5.74, 6) is 0.623. The van der Waals surface area contributed by atoms with Gasteiger partial charge in [-0.05, 0) is 36.2 Å². The molecule has 0 atom stereocenters. The van der Waals surface area contributed by atoms with E-state index in [1.807, 2.05) is 18.2 Å². The maximum absolute atomic E-state index is 13.7. The van der Waals surface area contributed by atoms with E-state index in [1.165, 1.54) is 6.07 Å². The standard InChI is InChI=1S/C20H17FN2O3/c1-25-15-6-7-16-13(10-15)8-9-23-18(16)11-19(22-20(23)24)26-12-14-4-2-3-5-17(14)21/h2-7,10-11H,8-9,12H2,1H3. The van der Waals surface area contributed by atoms with Crippen LogP contribution in [0.25, 0.3) is 11.3 Å². The maximum Gasteiger partial charge on any atom is 0.351 e. The fourth-order valence-corrected chi connectivity index (χ4v) is 3.15. The highest BCUT2D eigenvalue weighted by atomic mass is 19.1. The molecule has 0 amide bonds. The minimum absolute atomic E-state index is 0.0119. The SMILES string of the molecule is COc1ccc2c(c1)CCn1c-2cc(OCc2ccccc2F)nc1=O. The topological polar surface area (TPSA) is 53.4 Å². The number of methoxy groups -OCH3 is 1. The third-order valence-electron chi connectivity index (χ3n) is 4.51. The maximum atomic E-state index is 13.7. The first kappa shape index (κ1) is 16.3. The Labute approximate surface area is 149 Å². The van der Waals surface area contributed by atoms with E-state index in [2.05, 4.69) is 4.98 Å². The van der Waals surface area contributed by atoms with Crippen molar-refractivity contribution in [3.05, 3.63) is 76.0 Å². The van der Waals surface area contributed by atoms with Crippen LogP contribution in [0.5, 0.6) is 11.6 Å². The Morgan fingerprint density at radius 2 is 2.04 bits per heavy atom. The molecule has 5 nitrogen and oxygen atoms in total. The number of ether oxygens (including phenoxy) is 2. The third-order valence-corrected chi connectivity index (χ3v) is 4.51. The summed E-state index contributed by atoms with van der Waals surface area (Å²) in [4.78, 5) is 16.3. The van der Waals surface area contributed by atoms with E-state index in [1.54, 1.807) is 35.9 Å². The van der Waals surface area contributed by atoms with Crippen molar-refractivity contribution >= 4 is 0 Å². The number of rotatable bonds is 4. The second-order valence-corrected chi connectivity index (χ2v) is 6.07. The van der Waals surface area contributed by atoms with Crippen LogP contribution < -0.4 is 15.2 Å². The highest BCUT2D eigenvalue weighted by molar-refractivity contribution is 5.67. The fraction of sp³-hybridized carbons (Fsp3) is 0.200. The fourth-order valence-electron chi connectivity index (χ4n) is 3.15. The molecule has 1 aromatic heterocycles. The van der Waals surface area contributed by atoms with Crippen molar-refractivity contribution < 1.29 is 13.9 Å². The van der Waals surface area contributed by atoms with Gasteiger partial charge in [0.25, 0.3) is 0 Å². The molecule has 1 aliphatic rings. The van der Waals surface area contributed by atoms with Gasteiger partial charge in [-0.1, -0.05) is 18.2 Å². The summed E-state index contributed by atoms with van der Waals surface area (Å²) in [7, 11) is 1.63. The predicted octanol–water partition coefficient (Wildman–Crippen LogP) is 3.19. The number of hydrogen-bond donors (Lipinski definition) is 0. The van der Waals surface area contributed by atoms with Crippen molar-refractivity contribution in [1.82, 2.24) is 9.55 Å². The van der Waals surface area contributed by atoms with Gasteiger partial charge in [-0.2, -0.15) is 4.98 Å². The molecule has 2 heterocycles. The van der Waals surface area contributed by atoms with Crippen LogP contribution >= 0.6 is 0 Å². The van der Waals surface area contributed by atoms with E-state index in [9.17, 15) is 9.18 Å². The number of aryl methyl sites for hydroxylation is 1. The van der Waals surface area contributed by atoms with E-state index in [4.69, 9.17) is 9.47 Å². The highest BCUT2D eigenvalue weighted by Crippen LogP contribution is 2.32.